The second-order valence-corrected chi connectivity index (χ2v) is 4.28. The third-order valence-corrected chi connectivity index (χ3v) is 2.49. The van der Waals surface area contributed by atoms with E-state index in [9.17, 15) is 0 Å². The summed E-state index contributed by atoms with van der Waals surface area (Å²) < 4.78 is 5.72. The summed E-state index contributed by atoms with van der Waals surface area (Å²) in [6.07, 6.45) is 0. The molecule has 0 aliphatic heterocycles. The van der Waals surface area contributed by atoms with E-state index in [1.165, 1.54) is 0 Å². The first-order valence-electron chi connectivity index (χ1n) is 5.41. The molecule has 0 fully saturated rings. The highest BCUT2D eigenvalue weighted by molar-refractivity contribution is 5.77. The lowest BCUT2D eigenvalue weighted by molar-refractivity contribution is 0.568. The molecule has 0 amide bonds. The molecule has 16 heavy (non-hydrogen) atoms. The monoisotopic (exact) mass is 219 g/mol. The largest absolute Gasteiger partial charge is 0.423 e. The van der Waals surface area contributed by atoms with E-state index >= 15 is 0 Å². The number of nitrogens with two attached hydrogens (primary N) is 1. The minimum absolute atomic E-state index is 0.0982. The van der Waals surface area contributed by atoms with Crippen molar-refractivity contribution < 1.29 is 4.42 Å². The minimum atomic E-state index is 0.0982. The molecule has 1 atom stereocenters. The van der Waals surface area contributed by atoms with Crippen molar-refractivity contribution in [1.29, 1.82) is 0 Å². The topological polar surface area (TPSA) is 55.3 Å². The Hall–Kier alpha value is -1.55. The molecule has 0 bridgehead atoms. The van der Waals surface area contributed by atoms with Gasteiger partial charge >= 0.3 is 0 Å². The standard InChI is InChI=1S/C12H17N3O/c1-8-5-4-6-10-11(8)16-12(14-10)15(3)7-9(2)13/h4-6,9H,7,13H2,1-3H3. The molecule has 0 radical (unpaired) electrons. The summed E-state index contributed by atoms with van der Waals surface area (Å²) in [5.41, 5.74) is 8.60. The molecule has 1 unspecified atom stereocenters. The van der Waals surface area contributed by atoms with E-state index < -0.39 is 0 Å². The van der Waals surface area contributed by atoms with Crippen LogP contribution in [0.25, 0.3) is 11.1 Å². The first-order chi connectivity index (χ1) is 7.58. The predicted molar refractivity (Wildman–Crippen MR) is 65.7 cm³/mol. The van der Waals surface area contributed by atoms with Gasteiger partial charge in [0.2, 0.25) is 0 Å². The highest BCUT2D eigenvalue weighted by atomic mass is 16.4. The van der Waals surface area contributed by atoms with Crippen LogP contribution in [0.2, 0.25) is 0 Å². The molecule has 2 rings (SSSR count). The van der Waals surface area contributed by atoms with Crippen LogP contribution in [0.3, 0.4) is 0 Å². The van der Waals surface area contributed by atoms with Gasteiger partial charge in [-0.3, -0.25) is 0 Å². The summed E-state index contributed by atoms with van der Waals surface area (Å²) in [5.74, 6) is 0. The maximum Gasteiger partial charge on any atom is 0.298 e. The van der Waals surface area contributed by atoms with Gasteiger partial charge < -0.3 is 15.1 Å². The molecule has 2 N–H and O–H groups in total. The summed E-state index contributed by atoms with van der Waals surface area (Å²) in [4.78, 5) is 6.36. The average molecular weight is 219 g/mol. The fourth-order valence-electron chi connectivity index (χ4n) is 1.75. The van der Waals surface area contributed by atoms with Crippen LogP contribution < -0.4 is 10.6 Å². The number of fused-ring (bicyclic) bond motifs is 1. The number of oxazole rings is 1. The maximum absolute atomic E-state index is 5.74. The van der Waals surface area contributed by atoms with Gasteiger partial charge in [0.15, 0.2) is 5.58 Å². The summed E-state index contributed by atoms with van der Waals surface area (Å²) in [6.45, 7) is 4.71. The van der Waals surface area contributed by atoms with Crippen LogP contribution in [-0.4, -0.2) is 24.6 Å². The van der Waals surface area contributed by atoms with Crippen LogP contribution in [0.15, 0.2) is 22.6 Å². The number of aromatic nitrogens is 1. The number of likely N-dealkylation sites (N-methyl/N-ethyl adjacent to an activating group) is 1. The van der Waals surface area contributed by atoms with Crippen molar-refractivity contribution in [1.82, 2.24) is 4.98 Å². The van der Waals surface area contributed by atoms with E-state index in [1.807, 2.05) is 44.0 Å². The fourth-order valence-corrected chi connectivity index (χ4v) is 1.75. The molecule has 0 aliphatic rings. The van der Waals surface area contributed by atoms with Crippen molar-refractivity contribution in [3.63, 3.8) is 0 Å². The number of para-hydroxylation sites is 1. The Morgan fingerprint density at radius 3 is 2.88 bits per heavy atom. The minimum Gasteiger partial charge on any atom is -0.423 e. The molecule has 1 aromatic heterocycles. The smallest absolute Gasteiger partial charge is 0.298 e. The number of hydrogen-bond donors (Lipinski definition) is 1. The predicted octanol–water partition coefficient (Wildman–Crippen LogP) is 1.92. The summed E-state index contributed by atoms with van der Waals surface area (Å²) in [6, 6.07) is 6.68. The van der Waals surface area contributed by atoms with Gasteiger partial charge in [-0.25, -0.2) is 0 Å². The van der Waals surface area contributed by atoms with E-state index in [-0.39, 0.29) is 6.04 Å². The van der Waals surface area contributed by atoms with E-state index in [0.717, 1.165) is 23.2 Å². The molecule has 86 valence electrons. The Bertz CT molecular complexity index is 490. The van der Waals surface area contributed by atoms with Crippen molar-refractivity contribution in [3.05, 3.63) is 23.8 Å². The van der Waals surface area contributed by atoms with Crippen molar-refractivity contribution >= 4 is 17.1 Å². The lowest BCUT2D eigenvalue weighted by Crippen LogP contribution is -2.32. The highest BCUT2D eigenvalue weighted by Crippen LogP contribution is 2.23. The van der Waals surface area contributed by atoms with Crippen LogP contribution in [-0.2, 0) is 0 Å². The van der Waals surface area contributed by atoms with E-state index in [2.05, 4.69) is 4.98 Å². The molecule has 0 aliphatic carbocycles. The van der Waals surface area contributed by atoms with Crippen LogP contribution >= 0.6 is 0 Å². The third kappa shape index (κ3) is 2.02. The molecular formula is C12H17N3O. The first-order valence-corrected chi connectivity index (χ1v) is 5.41. The van der Waals surface area contributed by atoms with Gasteiger partial charge in [-0.05, 0) is 25.5 Å². The van der Waals surface area contributed by atoms with Gasteiger partial charge in [0.25, 0.3) is 6.01 Å². The SMILES string of the molecule is Cc1cccc2nc(N(C)CC(C)N)oc12. The van der Waals surface area contributed by atoms with Crippen molar-refractivity contribution in [2.45, 2.75) is 19.9 Å². The summed E-state index contributed by atoms with van der Waals surface area (Å²) in [7, 11) is 1.93. The van der Waals surface area contributed by atoms with Gasteiger partial charge in [0.05, 0.1) is 0 Å². The Labute approximate surface area is 95.1 Å². The van der Waals surface area contributed by atoms with Gasteiger partial charge in [-0.1, -0.05) is 12.1 Å². The highest BCUT2D eigenvalue weighted by Gasteiger charge is 2.12. The molecule has 1 aromatic carbocycles. The Morgan fingerprint density at radius 2 is 2.25 bits per heavy atom. The Morgan fingerprint density at radius 1 is 1.50 bits per heavy atom. The van der Waals surface area contributed by atoms with Crippen molar-refractivity contribution in [2.24, 2.45) is 5.73 Å². The number of anilines is 1. The fraction of sp³-hybridized carbons (Fsp3) is 0.417. The lowest BCUT2D eigenvalue weighted by atomic mass is 10.2. The number of nitrogens with zero attached hydrogens (tertiary/aromatic N) is 2. The number of hydrogen-bond acceptors (Lipinski definition) is 4. The third-order valence-electron chi connectivity index (χ3n) is 2.49. The summed E-state index contributed by atoms with van der Waals surface area (Å²) in [5, 5.41) is 0. The van der Waals surface area contributed by atoms with Gasteiger partial charge in [-0.2, -0.15) is 4.98 Å². The zero-order valence-electron chi connectivity index (χ0n) is 9.90. The normalized spacial score (nSPS) is 13.0. The second kappa shape index (κ2) is 4.14. The lowest BCUT2D eigenvalue weighted by Gasteiger charge is -2.16. The quantitative estimate of drug-likeness (QED) is 0.856. The second-order valence-electron chi connectivity index (χ2n) is 4.28. The van der Waals surface area contributed by atoms with Crippen LogP contribution in [0.4, 0.5) is 6.01 Å². The average Bonchev–Trinajstić information content (AvgIpc) is 2.61. The van der Waals surface area contributed by atoms with Crippen molar-refractivity contribution in [2.75, 3.05) is 18.5 Å². The molecule has 4 heteroatoms. The molecular weight excluding hydrogens is 202 g/mol. The van der Waals surface area contributed by atoms with Crippen LogP contribution in [0.5, 0.6) is 0 Å². The number of rotatable bonds is 3. The van der Waals surface area contributed by atoms with Crippen LogP contribution in [0.1, 0.15) is 12.5 Å². The molecule has 0 saturated heterocycles. The van der Waals surface area contributed by atoms with E-state index in [1.54, 1.807) is 0 Å². The molecule has 0 saturated carbocycles. The number of aryl methyl sites for hydroxylation is 1. The molecule has 4 nitrogen and oxygen atoms in total. The molecule has 0 spiro atoms. The van der Waals surface area contributed by atoms with Crippen LogP contribution in [0, 0.1) is 6.92 Å². The summed E-state index contributed by atoms with van der Waals surface area (Å²) >= 11 is 0. The Balaban J connectivity index is 2.36. The zero-order chi connectivity index (χ0) is 11.7. The maximum atomic E-state index is 5.74. The number of benzene rings is 1. The van der Waals surface area contributed by atoms with E-state index in [0.29, 0.717) is 6.01 Å². The first kappa shape index (κ1) is 11.0. The van der Waals surface area contributed by atoms with E-state index in [4.69, 9.17) is 10.2 Å². The van der Waals surface area contributed by atoms with Gasteiger partial charge in [0, 0.05) is 19.6 Å². The Kier molecular flexibility index (Phi) is 2.83. The van der Waals surface area contributed by atoms with Gasteiger partial charge in [-0.15, -0.1) is 0 Å². The zero-order valence-corrected chi connectivity index (χ0v) is 9.90. The molecule has 2 aromatic rings. The van der Waals surface area contributed by atoms with Gasteiger partial charge in [0.1, 0.15) is 5.52 Å². The van der Waals surface area contributed by atoms with Crippen molar-refractivity contribution in [3.8, 4) is 0 Å². The molecule has 1 heterocycles.